The molecule has 4 heteroatoms. The molecule has 0 heterocycles. The van der Waals surface area contributed by atoms with Crippen molar-refractivity contribution in [3.8, 4) is 5.75 Å². The molecule has 2 aromatic carbocycles. The zero-order chi connectivity index (χ0) is 14.8. The Morgan fingerprint density at radius 2 is 1.80 bits per heavy atom. The van der Waals surface area contributed by atoms with Crippen molar-refractivity contribution in [1.29, 1.82) is 0 Å². The SMILES string of the molecule is CC(C)(OC(=O)c1cc(I)ccc1O)c1ccccc1. The molecule has 0 aliphatic heterocycles. The topological polar surface area (TPSA) is 46.5 Å². The van der Waals surface area contributed by atoms with Gasteiger partial charge in [0.25, 0.3) is 0 Å². The van der Waals surface area contributed by atoms with Crippen LogP contribution in [0.1, 0.15) is 29.8 Å². The van der Waals surface area contributed by atoms with Gasteiger partial charge >= 0.3 is 5.97 Å². The fraction of sp³-hybridized carbons (Fsp3) is 0.188. The molecule has 2 aromatic rings. The van der Waals surface area contributed by atoms with Crippen molar-refractivity contribution in [2.45, 2.75) is 19.4 Å². The molecule has 0 aliphatic rings. The summed E-state index contributed by atoms with van der Waals surface area (Å²) in [6.07, 6.45) is 0. The molecule has 0 unspecified atom stereocenters. The molecule has 0 spiro atoms. The maximum absolute atomic E-state index is 12.2. The molecule has 0 atom stereocenters. The molecule has 0 aliphatic carbocycles. The number of carbonyl (C=O) groups is 1. The van der Waals surface area contributed by atoms with Gasteiger partial charge in [-0.25, -0.2) is 4.79 Å². The Kier molecular flexibility index (Phi) is 4.32. The largest absolute Gasteiger partial charge is 0.507 e. The molecule has 0 fully saturated rings. The number of phenols is 1. The highest BCUT2D eigenvalue weighted by molar-refractivity contribution is 14.1. The number of hydrogen-bond donors (Lipinski definition) is 1. The third-order valence-corrected chi connectivity index (χ3v) is 3.67. The van der Waals surface area contributed by atoms with Gasteiger partial charge in [0.15, 0.2) is 0 Å². The van der Waals surface area contributed by atoms with E-state index in [1.807, 2.05) is 44.2 Å². The second-order valence-electron chi connectivity index (χ2n) is 4.93. The predicted octanol–water partition coefficient (Wildman–Crippen LogP) is 4.09. The van der Waals surface area contributed by atoms with Crippen molar-refractivity contribution in [1.82, 2.24) is 0 Å². The lowest BCUT2D eigenvalue weighted by Crippen LogP contribution is -2.25. The first kappa shape index (κ1) is 14.8. The van der Waals surface area contributed by atoms with Crippen LogP contribution >= 0.6 is 22.6 Å². The van der Waals surface area contributed by atoms with Crippen LogP contribution in [0.25, 0.3) is 0 Å². The molecule has 0 saturated heterocycles. The van der Waals surface area contributed by atoms with Crippen LogP contribution in [0.2, 0.25) is 0 Å². The molecule has 2 rings (SSSR count). The maximum atomic E-state index is 12.2. The molecule has 0 amide bonds. The summed E-state index contributed by atoms with van der Waals surface area (Å²) < 4.78 is 6.41. The fourth-order valence-corrected chi connectivity index (χ4v) is 2.35. The van der Waals surface area contributed by atoms with Crippen molar-refractivity contribution in [3.05, 3.63) is 63.2 Å². The van der Waals surface area contributed by atoms with Crippen LogP contribution in [0.3, 0.4) is 0 Å². The van der Waals surface area contributed by atoms with Crippen molar-refractivity contribution < 1.29 is 14.6 Å². The van der Waals surface area contributed by atoms with Crippen LogP contribution in [0.4, 0.5) is 0 Å². The standard InChI is InChI=1S/C16H15IO3/c1-16(2,11-6-4-3-5-7-11)20-15(19)13-10-12(17)8-9-14(13)18/h3-10,18H,1-2H3. The van der Waals surface area contributed by atoms with Crippen LogP contribution in [0.15, 0.2) is 48.5 Å². The number of rotatable bonds is 3. The fourth-order valence-electron chi connectivity index (χ4n) is 1.86. The minimum absolute atomic E-state index is 0.0701. The number of hydrogen-bond acceptors (Lipinski definition) is 3. The summed E-state index contributed by atoms with van der Waals surface area (Å²) in [5, 5.41) is 9.77. The number of ether oxygens (including phenoxy) is 1. The number of aromatic hydroxyl groups is 1. The first-order chi connectivity index (χ1) is 9.40. The molecule has 104 valence electrons. The summed E-state index contributed by atoms with van der Waals surface area (Å²) in [7, 11) is 0. The maximum Gasteiger partial charge on any atom is 0.342 e. The van der Waals surface area contributed by atoms with Gasteiger partial charge in [0.1, 0.15) is 16.9 Å². The molecule has 0 aromatic heterocycles. The zero-order valence-electron chi connectivity index (χ0n) is 11.3. The van der Waals surface area contributed by atoms with Crippen molar-refractivity contribution in [2.24, 2.45) is 0 Å². The highest BCUT2D eigenvalue weighted by Gasteiger charge is 2.27. The van der Waals surface area contributed by atoms with Gasteiger partial charge in [-0.1, -0.05) is 30.3 Å². The van der Waals surface area contributed by atoms with E-state index in [4.69, 9.17) is 4.74 Å². The minimum Gasteiger partial charge on any atom is -0.507 e. The predicted molar refractivity (Wildman–Crippen MR) is 85.7 cm³/mol. The molecule has 3 nitrogen and oxygen atoms in total. The van der Waals surface area contributed by atoms with Crippen LogP contribution < -0.4 is 0 Å². The van der Waals surface area contributed by atoms with Gasteiger partial charge in [-0.05, 0) is 60.2 Å². The Labute approximate surface area is 131 Å². The summed E-state index contributed by atoms with van der Waals surface area (Å²) in [6.45, 7) is 3.65. The number of benzene rings is 2. The zero-order valence-corrected chi connectivity index (χ0v) is 13.4. The molecule has 0 saturated carbocycles. The highest BCUT2D eigenvalue weighted by Crippen LogP contribution is 2.28. The average molecular weight is 382 g/mol. The normalized spacial score (nSPS) is 11.2. The van der Waals surface area contributed by atoms with E-state index in [-0.39, 0.29) is 11.3 Å². The third-order valence-electron chi connectivity index (χ3n) is 3.00. The van der Waals surface area contributed by atoms with Gasteiger partial charge in [-0.2, -0.15) is 0 Å². The monoisotopic (exact) mass is 382 g/mol. The summed E-state index contributed by atoms with van der Waals surface area (Å²) in [5.74, 6) is -0.603. The van der Waals surface area contributed by atoms with Gasteiger partial charge in [0.2, 0.25) is 0 Å². The van der Waals surface area contributed by atoms with Gasteiger partial charge in [0.05, 0.1) is 0 Å². The van der Waals surface area contributed by atoms with Gasteiger partial charge < -0.3 is 9.84 Å². The Balaban J connectivity index is 2.25. The van der Waals surface area contributed by atoms with Crippen LogP contribution in [-0.4, -0.2) is 11.1 Å². The summed E-state index contributed by atoms with van der Waals surface area (Å²) in [6, 6.07) is 14.3. The van der Waals surface area contributed by atoms with E-state index in [1.165, 1.54) is 6.07 Å². The molecule has 1 N–H and O–H groups in total. The lowest BCUT2D eigenvalue weighted by atomic mass is 9.98. The lowest BCUT2D eigenvalue weighted by molar-refractivity contribution is -0.00339. The minimum atomic E-state index is -0.758. The number of carbonyl (C=O) groups excluding carboxylic acids is 1. The van der Waals surface area contributed by atoms with E-state index in [9.17, 15) is 9.90 Å². The first-order valence-corrected chi connectivity index (χ1v) is 7.25. The Morgan fingerprint density at radius 1 is 1.15 bits per heavy atom. The van der Waals surface area contributed by atoms with Gasteiger partial charge in [-0.3, -0.25) is 0 Å². The summed E-state index contributed by atoms with van der Waals surface area (Å²) in [4.78, 5) is 12.2. The number of halogens is 1. The highest BCUT2D eigenvalue weighted by atomic mass is 127. The van der Waals surface area contributed by atoms with E-state index < -0.39 is 11.6 Å². The Hall–Kier alpha value is -1.56. The van der Waals surface area contributed by atoms with Crippen molar-refractivity contribution in [2.75, 3.05) is 0 Å². The second-order valence-corrected chi connectivity index (χ2v) is 6.17. The summed E-state index contributed by atoms with van der Waals surface area (Å²) >= 11 is 2.09. The van der Waals surface area contributed by atoms with Gasteiger partial charge in [0, 0.05) is 3.57 Å². The van der Waals surface area contributed by atoms with Crippen LogP contribution in [0, 0.1) is 3.57 Å². The van der Waals surface area contributed by atoms with Crippen LogP contribution in [-0.2, 0) is 10.3 Å². The van der Waals surface area contributed by atoms with E-state index in [0.717, 1.165) is 9.13 Å². The number of esters is 1. The van der Waals surface area contributed by atoms with Crippen molar-refractivity contribution >= 4 is 28.6 Å². The average Bonchev–Trinajstić information content (AvgIpc) is 2.42. The van der Waals surface area contributed by atoms with E-state index >= 15 is 0 Å². The van der Waals surface area contributed by atoms with E-state index in [2.05, 4.69) is 22.6 Å². The molecule has 20 heavy (non-hydrogen) atoms. The van der Waals surface area contributed by atoms with Gasteiger partial charge in [-0.15, -0.1) is 0 Å². The Morgan fingerprint density at radius 3 is 2.45 bits per heavy atom. The molecule has 0 radical (unpaired) electrons. The van der Waals surface area contributed by atoms with Crippen molar-refractivity contribution in [3.63, 3.8) is 0 Å². The Bertz CT molecular complexity index is 621. The lowest BCUT2D eigenvalue weighted by Gasteiger charge is -2.25. The molecular weight excluding hydrogens is 367 g/mol. The van der Waals surface area contributed by atoms with Crippen LogP contribution in [0.5, 0.6) is 5.75 Å². The number of phenolic OH excluding ortho intramolecular Hbond substituents is 1. The smallest absolute Gasteiger partial charge is 0.342 e. The van der Waals surface area contributed by atoms with E-state index in [0.29, 0.717) is 0 Å². The quantitative estimate of drug-likeness (QED) is 0.643. The van der Waals surface area contributed by atoms with E-state index in [1.54, 1.807) is 12.1 Å². The molecular formula is C16H15IO3. The second kappa shape index (κ2) is 5.83. The molecule has 0 bridgehead atoms. The summed E-state index contributed by atoms with van der Waals surface area (Å²) in [5.41, 5.74) is 0.325. The third kappa shape index (κ3) is 3.30. The first-order valence-electron chi connectivity index (χ1n) is 6.17.